The molecule has 1 aromatic heterocycles. The molecule has 0 atom stereocenters. The molecule has 3 amide bonds. The number of hydrogen-bond acceptors (Lipinski definition) is 5. The van der Waals surface area contributed by atoms with Gasteiger partial charge in [-0.25, -0.2) is 4.79 Å². The van der Waals surface area contributed by atoms with Gasteiger partial charge in [0.25, 0.3) is 11.8 Å². The fraction of sp³-hybridized carbons (Fsp3) is 0.350. The molecule has 0 aliphatic heterocycles. The molecule has 1 aliphatic carbocycles. The first-order chi connectivity index (χ1) is 12.9. The number of amides is 3. The van der Waals surface area contributed by atoms with Crippen molar-refractivity contribution in [1.29, 1.82) is 0 Å². The second kappa shape index (κ2) is 7.92. The Morgan fingerprint density at radius 2 is 1.78 bits per heavy atom. The largest absolute Gasteiger partial charge is 0.453 e. The van der Waals surface area contributed by atoms with Crippen LogP contribution in [0.4, 0.5) is 9.80 Å². The Labute approximate surface area is 161 Å². The molecule has 1 aliphatic rings. The van der Waals surface area contributed by atoms with Gasteiger partial charge in [0.1, 0.15) is 5.00 Å². The predicted molar refractivity (Wildman–Crippen MR) is 105 cm³/mol. The molecule has 0 bridgehead atoms. The summed E-state index contributed by atoms with van der Waals surface area (Å²) in [5, 5.41) is 5.56. The number of aryl methyl sites for hydroxylation is 3. The fourth-order valence-electron chi connectivity index (χ4n) is 3.16. The van der Waals surface area contributed by atoms with Gasteiger partial charge in [-0.1, -0.05) is 6.07 Å². The van der Waals surface area contributed by atoms with E-state index in [9.17, 15) is 14.4 Å². The Kier molecular flexibility index (Phi) is 5.60. The van der Waals surface area contributed by atoms with E-state index in [1.165, 1.54) is 18.4 Å². The van der Waals surface area contributed by atoms with Gasteiger partial charge in [-0.2, -0.15) is 0 Å². The van der Waals surface area contributed by atoms with E-state index in [0.29, 0.717) is 16.1 Å². The smallest absolute Gasteiger partial charge is 0.413 e. The Hall–Kier alpha value is -2.67. The number of carbonyl (C=O) groups excluding carboxylic acids is 3. The number of anilines is 1. The van der Waals surface area contributed by atoms with Crippen LogP contribution in [0.2, 0.25) is 0 Å². The summed E-state index contributed by atoms with van der Waals surface area (Å²) >= 11 is 1.41. The molecular formula is C20H22N2O4S. The van der Waals surface area contributed by atoms with Crippen LogP contribution in [0.25, 0.3) is 0 Å². The summed E-state index contributed by atoms with van der Waals surface area (Å²) in [6.07, 6.45) is 2.85. The number of alkyl carbamates (subject to hydrolysis) is 1. The third-order valence-corrected chi connectivity index (χ3v) is 6.00. The maximum Gasteiger partial charge on any atom is 0.413 e. The Morgan fingerprint density at radius 1 is 1.04 bits per heavy atom. The first-order valence-electron chi connectivity index (χ1n) is 8.83. The van der Waals surface area contributed by atoms with E-state index in [4.69, 9.17) is 0 Å². The number of thiophene rings is 1. The van der Waals surface area contributed by atoms with Gasteiger partial charge in [-0.3, -0.25) is 14.9 Å². The standard InChI is InChI=1S/C20H22N2O4S/c1-11-8-9-13(10-12(11)2)17(23)21-19-16(18(24)22-20(25)26-3)14-6-4-5-7-15(14)27-19/h8-10H,4-7H2,1-3H3,(H,21,23)(H,22,24,25). The molecule has 0 radical (unpaired) electrons. The van der Waals surface area contributed by atoms with Gasteiger partial charge in [-0.15, -0.1) is 11.3 Å². The lowest BCUT2D eigenvalue weighted by molar-refractivity contribution is 0.0937. The zero-order valence-electron chi connectivity index (χ0n) is 15.6. The predicted octanol–water partition coefficient (Wildman–Crippen LogP) is 3.99. The lowest BCUT2D eigenvalue weighted by atomic mass is 9.95. The molecule has 6 nitrogen and oxygen atoms in total. The van der Waals surface area contributed by atoms with E-state index < -0.39 is 12.0 Å². The number of benzene rings is 1. The van der Waals surface area contributed by atoms with Gasteiger partial charge in [0.15, 0.2) is 0 Å². The highest BCUT2D eigenvalue weighted by atomic mass is 32.1. The molecule has 3 rings (SSSR count). The normalized spacial score (nSPS) is 12.9. The number of fused-ring (bicyclic) bond motifs is 1. The minimum atomic E-state index is -0.817. The molecule has 7 heteroatoms. The quantitative estimate of drug-likeness (QED) is 0.835. The molecule has 1 heterocycles. The molecule has 27 heavy (non-hydrogen) atoms. The highest BCUT2D eigenvalue weighted by molar-refractivity contribution is 7.17. The zero-order valence-corrected chi connectivity index (χ0v) is 16.4. The molecule has 0 saturated carbocycles. The third kappa shape index (κ3) is 4.03. The fourth-order valence-corrected chi connectivity index (χ4v) is 4.44. The van der Waals surface area contributed by atoms with Crippen LogP contribution in [0.1, 0.15) is 55.1 Å². The van der Waals surface area contributed by atoms with Crippen LogP contribution >= 0.6 is 11.3 Å². The van der Waals surface area contributed by atoms with Crippen molar-refractivity contribution in [3.05, 3.63) is 50.9 Å². The second-order valence-corrected chi connectivity index (χ2v) is 7.72. The van der Waals surface area contributed by atoms with Crippen LogP contribution in [-0.2, 0) is 17.6 Å². The van der Waals surface area contributed by atoms with Crippen molar-refractivity contribution in [3.63, 3.8) is 0 Å². The van der Waals surface area contributed by atoms with Crippen LogP contribution in [0.3, 0.4) is 0 Å². The van der Waals surface area contributed by atoms with Crippen molar-refractivity contribution in [2.45, 2.75) is 39.5 Å². The van der Waals surface area contributed by atoms with E-state index in [0.717, 1.165) is 47.3 Å². The van der Waals surface area contributed by atoms with Crippen molar-refractivity contribution in [3.8, 4) is 0 Å². The first-order valence-corrected chi connectivity index (χ1v) is 9.64. The SMILES string of the molecule is COC(=O)NC(=O)c1c(NC(=O)c2ccc(C)c(C)c2)sc2c1CCCC2. The zero-order chi connectivity index (χ0) is 19.6. The van der Waals surface area contributed by atoms with Crippen molar-refractivity contribution in [2.24, 2.45) is 0 Å². The molecule has 1 aromatic carbocycles. The van der Waals surface area contributed by atoms with Crippen LogP contribution < -0.4 is 10.6 Å². The molecule has 0 unspecified atom stereocenters. The molecule has 2 N–H and O–H groups in total. The first kappa shape index (κ1) is 19.1. The molecule has 142 valence electrons. The summed E-state index contributed by atoms with van der Waals surface area (Å²) < 4.78 is 4.52. The third-order valence-electron chi connectivity index (χ3n) is 4.80. The number of methoxy groups -OCH3 is 1. The highest BCUT2D eigenvalue weighted by Gasteiger charge is 2.27. The Bertz CT molecular complexity index is 917. The number of nitrogens with one attached hydrogen (secondary N) is 2. The molecule has 0 saturated heterocycles. The van der Waals surface area contributed by atoms with E-state index in [1.807, 2.05) is 26.0 Å². The summed E-state index contributed by atoms with van der Waals surface area (Å²) in [7, 11) is 1.20. The average Bonchev–Trinajstić information content (AvgIpc) is 3.01. The lowest BCUT2D eigenvalue weighted by Gasteiger charge is -2.12. The second-order valence-electron chi connectivity index (χ2n) is 6.61. The van der Waals surface area contributed by atoms with Gasteiger partial charge < -0.3 is 10.1 Å². The van der Waals surface area contributed by atoms with E-state index in [-0.39, 0.29) is 5.91 Å². The maximum atomic E-state index is 12.7. The van der Waals surface area contributed by atoms with Crippen LogP contribution in [0.15, 0.2) is 18.2 Å². The van der Waals surface area contributed by atoms with Crippen molar-refractivity contribution in [2.75, 3.05) is 12.4 Å². The lowest BCUT2D eigenvalue weighted by Crippen LogP contribution is -2.31. The molecular weight excluding hydrogens is 364 g/mol. The van der Waals surface area contributed by atoms with E-state index in [1.54, 1.807) is 6.07 Å². The van der Waals surface area contributed by atoms with E-state index >= 15 is 0 Å². The van der Waals surface area contributed by atoms with Gasteiger partial charge in [-0.05, 0) is 68.4 Å². The monoisotopic (exact) mass is 386 g/mol. The minimum Gasteiger partial charge on any atom is -0.453 e. The summed E-state index contributed by atoms with van der Waals surface area (Å²) in [6, 6.07) is 5.49. The van der Waals surface area contributed by atoms with E-state index in [2.05, 4.69) is 15.4 Å². The van der Waals surface area contributed by atoms with Crippen molar-refractivity contribution >= 4 is 34.2 Å². The van der Waals surface area contributed by atoms with Gasteiger partial charge in [0.2, 0.25) is 0 Å². The van der Waals surface area contributed by atoms with Crippen LogP contribution in [0, 0.1) is 13.8 Å². The highest BCUT2D eigenvalue weighted by Crippen LogP contribution is 2.38. The number of rotatable bonds is 3. The maximum absolute atomic E-state index is 12.7. The van der Waals surface area contributed by atoms with Crippen LogP contribution in [0.5, 0.6) is 0 Å². The van der Waals surface area contributed by atoms with Crippen molar-refractivity contribution in [1.82, 2.24) is 5.32 Å². The average molecular weight is 386 g/mol. The Morgan fingerprint density at radius 3 is 2.48 bits per heavy atom. The van der Waals surface area contributed by atoms with Gasteiger partial charge in [0, 0.05) is 10.4 Å². The van der Waals surface area contributed by atoms with Gasteiger partial charge in [0.05, 0.1) is 12.7 Å². The number of imide groups is 1. The Balaban J connectivity index is 1.93. The number of carbonyl (C=O) groups is 3. The van der Waals surface area contributed by atoms with Gasteiger partial charge >= 0.3 is 6.09 Å². The summed E-state index contributed by atoms with van der Waals surface area (Å²) in [6.45, 7) is 3.94. The summed E-state index contributed by atoms with van der Waals surface area (Å²) in [4.78, 5) is 37.9. The minimum absolute atomic E-state index is 0.274. The summed E-state index contributed by atoms with van der Waals surface area (Å²) in [5.41, 5.74) is 3.96. The molecule has 2 aromatic rings. The van der Waals surface area contributed by atoms with Crippen molar-refractivity contribution < 1.29 is 19.1 Å². The van der Waals surface area contributed by atoms with Crippen LogP contribution in [-0.4, -0.2) is 25.0 Å². The number of ether oxygens (including phenoxy) is 1. The summed E-state index contributed by atoms with van der Waals surface area (Å²) in [5.74, 6) is -0.819. The number of hydrogen-bond donors (Lipinski definition) is 2. The molecule has 0 spiro atoms. The topological polar surface area (TPSA) is 84.5 Å². The molecule has 0 fully saturated rings.